The molecule has 0 atom stereocenters. The van der Waals surface area contributed by atoms with E-state index in [0.717, 1.165) is 0 Å². The van der Waals surface area contributed by atoms with E-state index in [2.05, 4.69) is 14.5 Å². The molecule has 0 radical (unpaired) electrons. The van der Waals surface area contributed by atoms with Crippen LogP contribution in [0.4, 0.5) is 0 Å². The Bertz CT molecular complexity index is 1030. The third-order valence-corrected chi connectivity index (χ3v) is 5.10. The molecule has 0 fully saturated rings. The first-order valence-corrected chi connectivity index (χ1v) is 9.75. The Kier molecular flexibility index (Phi) is 4.21. The first-order chi connectivity index (χ1) is 12.5. The van der Waals surface area contributed by atoms with E-state index in [9.17, 15) is 8.42 Å². The molecule has 0 amide bonds. The van der Waals surface area contributed by atoms with Crippen LogP contribution in [0.25, 0.3) is 5.57 Å². The van der Waals surface area contributed by atoms with Gasteiger partial charge in [-0.1, -0.05) is 29.8 Å². The standard InChI is InChI=1S/C17H13ClN4O3S/c18-15-10-14(17-21-26(23,24)9-8-22(17)20-15)12-6-7-16(19-11-12)25-13-4-2-1-3-5-13/h1-7,10-11H,8-9H2. The van der Waals surface area contributed by atoms with Crippen molar-refractivity contribution in [2.75, 3.05) is 12.3 Å². The van der Waals surface area contributed by atoms with Gasteiger partial charge in [-0.25, -0.2) is 18.4 Å². The Hall–Kier alpha value is -2.71. The smallest absolute Gasteiger partial charge is 0.256 e. The van der Waals surface area contributed by atoms with Gasteiger partial charge in [-0.05, 0) is 24.3 Å². The number of hydrazone groups is 1. The topological polar surface area (TPSA) is 84.2 Å². The van der Waals surface area contributed by atoms with Crippen LogP contribution in [0.5, 0.6) is 11.6 Å². The van der Waals surface area contributed by atoms with E-state index in [1.807, 2.05) is 30.3 Å². The van der Waals surface area contributed by atoms with Crippen molar-refractivity contribution in [1.82, 2.24) is 9.99 Å². The molecule has 4 rings (SSSR count). The van der Waals surface area contributed by atoms with Gasteiger partial charge in [0.25, 0.3) is 10.0 Å². The fourth-order valence-corrected chi connectivity index (χ4v) is 3.72. The van der Waals surface area contributed by atoms with Gasteiger partial charge in [0.15, 0.2) is 5.84 Å². The Balaban J connectivity index is 1.66. The molecule has 26 heavy (non-hydrogen) atoms. The lowest BCUT2D eigenvalue weighted by molar-refractivity contribution is 0.461. The molecule has 0 saturated heterocycles. The second kappa shape index (κ2) is 6.54. The van der Waals surface area contributed by atoms with Gasteiger partial charge in [-0.3, -0.25) is 0 Å². The molecule has 1 aromatic heterocycles. The quantitative estimate of drug-likeness (QED) is 0.807. The van der Waals surface area contributed by atoms with Gasteiger partial charge in [0.1, 0.15) is 10.9 Å². The number of hydrogen-bond donors (Lipinski definition) is 0. The molecule has 1 aromatic carbocycles. The molecular formula is C17H13ClN4O3S. The molecule has 0 saturated carbocycles. The minimum Gasteiger partial charge on any atom is -0.439 e. The van der Waals surface area contributed by atoms with Crippen molar-refractivity contribution in [3.05, 3.63) is 60.3 Å². The number of fused-ring (bicyclic) bond motifs is 1. The molecule has 7 nitrogen and oxygen atoms in total. The van der Waals surface area contributed by atoms with Crippen molar-refractivity contribution < 1.29 is 13.2 Å². The van der Waals surface area contributed by atoms with Crippen molar-refractivity contribution in [2.24, 2.45) is 9.50 Å². The van der Waals surface area contributed by atoms with Gasteiger partial charge >= 0.3 is 0 Å². The summed E-state index contributed by atoms with van der Waals surface area (Å²) in [6, 6.07) is 12.8. The largest absolute Gasteiger partial charge is 0.439 e. The van der Waals surface area contributed by atoms with Crippen molar-refractivity contribution in [3.63, 3.8) is 0 Å². The Morgan fingerprint density at radius 2 is 1.92 bits per heavy atom. The first-order valence-electron chi connectivity index (χ1n) is 7.76. The van der Waals surface area contributed by atoms with Crippen LogP contribution in [0.3, 0.4) is 0 Å². The lowest BCUT2D eigenvalue weighted by Gasteiger charge is -2.28. The van der Waals surface area contributed by atoms with Gasteiger partial charge < -0.3 is 4.74 Å². The number of halogens is 1. The van der Waals surface area contributed by atoms with Crippen LogP contribution in [-0.2, 0) is 10.0 Å². The Labute approximate surface area is 155 Å². The van der Waals surface area contributed by atoms with Crippen molar-refractivity contribution in [1.29, 1.82) is 0 Å². The maximum atomic E-state index is 11.9. The van der Waals surface area contributed by atoms with E-state index in [0.29, 0.717) is 22.8 Å². The van der Waals surface area contributed by atoms with Gasteiger partial charge in [-0.15, -0.1) is 4.40 Å². The summed E-state index contributed by atoms with van der Waals surface area (Å²) in [5, 5.41) is 5.86. The number of pyridine rings is 1. The van der Waals surface area contributed by atoms with Crippen LogP contribution < -0.4 is 4.74 Å². The van der Waals surface area contributed by atoms with Crippen molar-refractivity contribution in [3.8, 4) is 11.6 Å². The molecule has 0 N–H and O–H groups in total. The van der Waals surface area contributed by atoms with Gasteiger partial charge in [0.2, 0.25) is 5.88 Å². The minimum atomic E-state index is -3.51. The van der Waals surface area contributed by atoms with Crippen LogP contribution in [0.1, 0.15) is 5.56 Å². The zero-order valence-electron chi connectivity index (χ0n) is 13.4. The Morgan fingerprint density at radius 3 is 2.65 bits per heavy atom. The summed E-state index contributed by atoms with van der Waals surface area (Å²) < 4.78 is 33.2. The van der Waals surface area contributed by atoms with E-state index in [1.165, 1.54) is 5.01 Å². The fourth-order valence-electron chi connectivity index (χ4n) is 2.57. The number of benzene rings is 1. The highest BCUT2D eigenvalue weighted by Crippen LogP contribution is 2.27. The summed E-state index contributed by atoms with van der Waals surface area (Å²) in [4.78, 5) is 4.28. The summed E-state index contributed by atoms with van der Waals surface area (Å²) in [5.41, 5.74) is 1.21. The molecule has 132 valence electrons. The summed E-state index contributed by atoms with van der Waals surface area (Å²) in [7, 11) is -3.51. The highest BCUT2D eigenvalue weighted by atomic mass is 35.5. The molecule has 2 aliphatic heterocycles. The predicted octanol–water partition coefficient (Wildman–Crippen LogP) is 2.87. The second-order valence-electron chi connectivity index (χ2n) is 5.61. The van der Waals surface area contributed by atoms with Crippen LogP contribution in [-0.4, -0.2) is 41.7 Å². The van der Waals surface area contributed by atoms with E-state index < -0.39 is 10.0 Å². The highest BCUT2D eigenvalue weighted by Gasteiger charge is 2.30. The summed E-state index contributed by atoms with van der Waals surface area (Å²) >= 11 is 6.07. The van der Waals surface area contributed by atoms with E-state index in [4.69, 9.17) is 16.3 Å². The predicted molar refractivity (Wildman–Crippen MR) is 99.9 cm³/mol. The maximum Gasteiger partial charge on any atom is 0.256 e. The SMILES string of the molecule is O=S1(=O)CCN2N=C(Cl)C=C(c3ccc(Oc4ccccc4)nc3)C2=N1. The monoisotopic (exact) mass is 388 g/mol. The molecule has 9 heteroatoms. The summed E-state index contributed by atoms with van der Waals surface area (Å²) in [6.45, 7) is 0.206. The normalized spacial score (nSPS) is 18.3. The van der Waals surface area contributed by atoms with Gasteiger partial charge in [-0.2, -0.15) is 5.10 Å². The molecule has 0 bridgehead atoms. The Morgan fingerprint density at radius 1 is 1.12 bits per heavy atom. The van der Waals surface area contributed by atoms with Crippen molar-refractivity contribution in [2.45, 2.75) is 0 Å². The molecule has 0 aliphatic carbocycles. The molecular weight excluding hydrogens is 376 g/mol. The molecule has 2 aromatic rings. The number of para-hydroxylation sites is 1. The third-order valence-electron chi connectivity index (χ3n) is 3.76. The number of aromatic nitrogens is 1. The number of amidine groups is 1. The minimum absolute atomic E-state index is 0.0977. The lowest BCUT2D eigenvalue weighted by Crippen LogP contribution is -2.38. The average molecular weight is 389 g/mol. The number of rotatable bonds is 3. The number of allylic oxidation sites excluding steroid dienone is 1. The number of hydrogen-bond acceptors (Lipinski definition) is 6. The number of ether oxygens (including phenoxy) is 1. The number of sulfonamides is 1. The summed E-state index contributed by atoms with van der Waals surface area (Å²) in [6.07, 6.45) is 3.16. The van der Waals surface area contributed by atoms with Crippen LogP contribution in [0.15, 0.2) is 64.2 Å². The third kappa shape index (κ3) is 3.47. The number of nitrogens with zero attached hydrogens (tertiary/aromatic N) is 4. The zero-order chi connectivity index (χ0) is 18.1. The molecule has 0 spiro atoms. The van der Waals surface area contributed by atoms with Gasteiger partial charge in [0.05, 0.1) is 12.3 Å². The highest BCUT2D eigenvalue weighted by molar-refractivity contribution is 7.90. The molecule has 3 heterocycles. The zero-order valence-corrected chi connectivity index (χ0v) is 15.0. The van der Waals surface area contributed by atoms with Crippen LogP contribution in [0, 0.1) is 0 Å². The van der Waals surface area contributed by atoms with Crippen LogP contribution in [0.2, 0.25) is 0 Å². The lowest BCUT2D eigenvalue weighted by atomic mass is 10.1. The van der Waals surface area contributed by atoms with E-state index >= 15 is 0 Å². The fraction of sp³-hybridized carbons (Fsp3) is 0.118. The maximum absolute atomic E-state index is 11.9. The molecule has 2 aliphatic rings. The van der Waals surface area contributed by atoms with Crippen molar-refractivity contribution >= 4 is 38.2 Å². The first kappa shape index (κ1) is 16.7. The van der Waals surface area contributed by atoms with E-state index in [-0.39, 0.29) is 23.3 Å². The molecule has 0 unspecified atom stereocenters. The van der Waals surface area contributed by atoms with Gasteiger partial charge in [0, 0.05) is 23.4 Å². The summed E-state index contributed by atoms with van der Waals surface area (Å²) in [5.74, 6) is 1.25. The second-order valence-corrected chi connectivity index (χ2v) is 7.75. The average Bonchev–Trinajstić information content (AvgIpc) is 2.63. The van der Waals surface area contributed by atoms with Crippen LogP contribution >= 0.6 is 11.6 Å². The van der Waals surface area contributed by atoms with E-state index in [1.54, 1.807) is 24.4 Å².